The summed E-state index contributed by atoms with van der Waals surface area (Å²) in [7, 11) is 1.13. The lowest BCUT2D eigenvalue weighted by Gasteiger charge is -2.01. The van der Waals surface area contributed by atoms with Gasteiger partial charge in [-0.1, -0.05) is 23.2 Å². The lowest BCUT2D eigenvalue weighted by molar-refractivity contribution is -0.139. The molecule has 0 aromatic rings. The molecule has 0 unspecified atom stereocenters. The van der Waals surface area contributed by atoms with Gasteiger partial charge in [-0.25, -0.2) is 9.59 Å². The summed E-state index contributed by atoms with van der Waals surface area (Å²) >= 11 is 10.8. The molecule has 0 bridgehead atoms. The van der Waals surface area contributed by atoms with Gasteiger partial charge in [-0.15, -0.1) is 0 Å². The van der Waals surface area contributed by atoms with Gasteiger partial charge in [0.1, 0.15) is 0 Å². The van der Waals surface area contributed by atoms with Crippen molar-refractivity contribution in [1.82, 2.24) is 0 Å². The van der Waals surface area contributed by atoms with E-state index in [9.17, 15) is 9.59 Å². The van der Waals surface area contributed by atoms with Crippen LogP contribution >= 0.6 is 23.2 Å². The van der Waals surface area contributed by atoms with Crippen LogP contribution in [0.2, 0.25) is 0 Å². The molecule has 74 valence electrons. The zero-order chi connectivity index (χ0) is 10.4. The van der Waals surface area contributed by atoms with Crippen LogP contribution in [-0.4, -0.2) is 25.7 Å². The quantitative estimate of drug-likeness (QED) is 0.540. The molecule has 0 saturated heterocycles. The highest BCUT2D eigenvalue weighted by atomic mass is 35.5. The first kappa shape index (κ1) is 12.3. The second-order valence-electron chi connectivity index (χ2n) is 1.84. The monoisotopic (exact) mass is 226 g/mol. The number of ether oxygens (including phenoxy) is 2. The predicted octanol–water partition coefficient (Wildman–Crippen LogP) is 1.41. The Labute approximate surface area is 85.4 Å². The molecular weight excluding hydrogens is 219 g/mol. The van der Waals surface area contributed by atoms with Crippen molar-refractivity contribution in [2.75, 3.05) is 13.7 Å². The Kier molecular flexibility index (Phi) is 5.50. The van der Waals surface area contributed by atoms with Crippen LogP contribution in [0.1, 0.15) is 6.92 Å². The first-order chi connectivity index (χ1) is 6.04. The van der Waals surface area contributed by atoms with Gasteiger partial charge in [0, 0.05) is 0 Å². The van der Waals surface area contributed by atoms with Crippen molar-refractivity contribution >= 4 is 35.1 Å². The maximum Gasteiger partial charge on any atom is 0.351 e. The first-order valence-electron chi connectivity index (χ1n) is 3.35. The Hall–Kier alpha value is -0.740. The van der Waals surface area contributed by atoms with Crippen molar-refractivity contribution in [3.8, 4) is 0 Å². The summed E-state index contributed by atoms with van der Waals surface area (Å²) in [6.45, 7) is 1.76. The van der Waals surface area contributed by atoms with E-state index >= 15 is 0 Å². The average Bonchev–Trinajstić information content (AvgIpc) is 2.14. The number of hydrogen-bond acceptors (Lipinski definition) is 4. The lowest BCUT2D eigenvalue weighted by Crippen LogP contribution is -2.09. The second-order valence-corrected chi connectivity index (χ2v) is 2.60. The number of rotatable bonds is 3. The van der Waals surface area contributed by atoms with E-state index in [4.69, 9.17) is 23.2 Å². The summed E-state index contributed by atoms with van der Waals surface area (Å²) in [6.07, 6.45) is 0. The smallest absolute Gasteiger partial charge is 0.351 e. The van der Waals surface area contributed by atoms with E-state index < -0.39 is 22.0 Å². The van der Waals surface area contributed by atoms with Gasteiger partial charge in [0.2, 0.25) is 0 Å². The third-order valence-corrected chi connectivity index (χ3v) is 1.80. The highest BCUT2D eigenvalue weighted by molar-refractivity contribution is 6.53. The minimum atomic E-state index is -0.875. The topological polar surface area (TPSA) is 52.6 Å². The number of esters is 2. The number of carbonyl (C=O) groups is 2. The molecule has 0 rings (SSSR count). The summed E-state index contributed by atoms with van der Waals surface area (Å²) in [6, 6.07) is 0. The minimum absolute atomic E-state index is 0.153. The van der Waals surface area contributed by atoms with E-state index in [2.05, 4.69) is 9.47 Å². The molecule has 0 heterocycles. The zero-order valence-corrected chi connectivity index (χ0v) is 8.61. The average molecular weight is 227 g/mol. The van der Waals surface area contributed by atoms with E-state index in [0.29, 0.717) is 0 Å². The van der Waals surface area contributed by atoms with Crippen molar-refractivity contribution in [1.29, 1.82) is 0 Å². The van der Waals surface area contributed by atoms with Crippen molar-refractivity contribution in [2.24, 2.45) is 0 Å². The molecule has 0 spiro atoms. The summed E-state index contributed by atoms with van der Waals surface area (Å²) in [5, 5.41) is -0.960. The van der Waals surface area contributed by atoms with Gasteiger partial charge in [-0.05, 0) is 6.92 Å². The van der Waals surface area contributed by atoms with Crippen LogP contribution in [0.4, 0.5) is 0 Å². The van der Waals surface area contributed by atoms with Crippen molar-refractivity contribution in [3.63, 3.8) is 0 Å². The molecular formula is C7H8Cl2O4. The Balaban J connectivity index is 4.60. The molecule has 0 fully saturated rings. The molecule has 0 radical (unpaired) electrons. The zero-order valence-electron chi connectivity index (χ0n) is 7.10. The predicted molar refractivity (Wildman–Crippen MR) is 47.4 cm³/mol. The van der Waals surface area contributed by atoms with Gasteiger partial charge >= 0.3 is 11.9 Å². The van der Waals surface area contributed by atoms with E-state index in [-0.39, 0.29) is 6.61 Å². The van der Waals surface area contributed by atoms with Crippen LogP contribution in [0.5, 0.6) is 0 Å². The number of halogens is 2. The fraction of sp³-hybridized carbons (Fsp3) is 0.429. The van der Waals surface area contributed by atoms with E-state index in [1.54, 1.807) is 6.92 Å². The molecule has 0 N–H and O–H groups in total. The SMILES string of the molecule is CCOC(=O)/C(Cl)=C(\Cl)C(=O)OC. The van der Waals surface area contributed by atoms with E-state index in [1.807, 2.05) is 0 Å². The number of methoxy groups -OCH3 is 1. The standard InChI is InChI=1S/C7H8Cl2O4/c1-3-13-7(11)5(9)4(8)6(10)12-2/h3H2,1-2H3/b5-4+. The Bertz CT molecular complexity index is 247. The molecule has 6 heteroatoms. The van der Waals surface area contributed by atoms with Gasteiger partial charge in [0.25, 0.3) is 0 Å². The third-order valence-electron chi connectivity index (χ3n) is 1.01. The van der Waals surface area contributed by atoms with Gasteiger partial charge in [-0.2, -0.15) is 0 Å². The highest BCUT2D eigenvalue weighted by Crippen LogP contribution is 2.16. The number of hydrogen-bond donors (Lipinski definition) is 0. The van der Waals surface area contributed by atoms with Crippen LogP contribution in [0.15, 0.2) is 10.1 Å². The van der Waals surface area contributed by atoms with Crippen molar-refractivity contribution in [3.05, 3.63) is 10.1 Å². The molecule has 13 heavy (non-hydrogen) atoms. The maximum absolute atomic E-state index is 10.9. The van der Waals surface area contributed by atoms with Gasteiger partial charge in [-0.3, -0.25) is 0 Å². The largest absolute Gasteiger partial charge is 0.465 e. The van der Waals surface area contributed by atoms with Gasteiger partial charge < -0.3 is 9.47 Å². The molecule has 0 aliphatic rings. The summed E-state index contributed by atoms with van der Waals surface area (Å²) in [5.41, 5.74) is 0. The summed E-state index contributed by atoms with van der Waals surface area (Å²) in [4.78, 5) is 21.7. The number of carbonyl (C=O) groups excluding carboxylic acids is 2. The Morgan fingerprint density at radius 2 is 1.62 bits per heavy atom. The van der Waals surface area contributed by atoms with Crippen LogP contribution in [0, 0.1) is 0 Å². The Morgan fingerprint density at radius 3 is 2.00 bits per heavy atom. The molecule has 4 nitrogen and oxygen atoms in total. The van der Waals surface area contributed by atoms with Crippen LogP contribution in [0.25, 0.3) is 0 Å². The van der Waals surface area contributed by atoms with Crippen molar-refractivity contribution in [2.45, 2.75) is 6.92 Å². The fourth-order valence-electron chi connectivity index (χ4n) is 0.463. The molecule has 0 aliphatic heterocycles. The molecule has 0 aliphatic carbocycles. The second kappa shape index (κ2) is 5.83. The molecule has 0 aromatic heterocycles. The van der Waals surface area contributed by atoms with E-state index in [0.717, 1.165) is 7.11 Å². The highest BCUT2D eigenvalue weighted by Gasteiger charge is 2.18. The summed E-state index contributed by atoms with van der Waals surface area (Å²) < 4.78 is 8.74. The van der Waals surface area contributed by atoms with Crippen LogP contribution in [-0.2, 0) is 19.1 Å². The maximum atomic E-state index is 10.9. The van der Waals surface area contributed by atoms with Crippen LogP contribution < -0.4 is 0 Å². The van der Waals surface area contributed by atoms with Gasteiger partial charge in [0.05, 0.1) is 13.7 Å². The van der Waals surface area contributed by atoms with E-state index in [1.165, 1.54) is 0 Å². The molecule has 0 saturated carbocycles. The fourth-order valence-corrected chi connectivity index (χ4v) is 0.749. The normalized spacial score (nSPS) is 11.7. The Morgan fingerprint density at radius 1 is 1.15 bits per heavy atom. The molecule has 0 atom stereocenters. The summed E-state index contributed by atoms with van der Waals surface area (Å²) in [5.74, 6) is -1.72. The minimum Gasteiger partial charge on any atom is -0.465 e. The van der Waals surface area contributed by atoms with Gasteiger partial charge in [0.15, 0.2) is 10.1 Å². The van der Waals surface area contributed by atoms with Crippen LogP contribution in [0.3, 0.4) is 0 Å². The van der Waals surface area contributed by atoms with Crippen molar-refractivity contribution < 1.29 is 19.1 Å². The molecule has 0 aromatic carbocycles. The lowest BCUT2D eigenvalue weighted by atomic mass is 10.5. The third kappa shape index (κ3) is 3.65. The first-order valence-corrected chi connectivity index (χ1v) is 4.10. The molecule has 0 amide bonds.